The molecule has 0 fully saturated rings. The second-order valence-electron chi connectivity index (χ2n) is 5.15. The van der Waals surface area contributed by atoms with Crippen LogP contribution in [-0.2, 0) is 11.3 Å². The molecule has 0 atom stereocenters. The van der Waals surface area contributed by atoms with Gasteiger partial charge in [0.2, 0.25) is 5.91 Å². The lowest BCUT2D eigenvalue weighted by Crippen LogP contribution is -2.25. The first-order valence-corrected chi connectivity index (χ1v) is 8.80. The summed E-state index contributed by atoms with van der Waals surface area (Å²) < 4.78 is 1.83. The summed E-state index contributed by atoms with van der Waals surface area (Å²) in [5.74, 6) is -0.129. The van der Waals surface area contributed by atoms with Crippen LogP contribution in [0.4, 0.5) is 0 Å². The number of carbonyl (C=O) groups is 1. The number of hydrogen-bond donors (Lipinski definition) is 1. The van der Waals surface area contributed by atoms with Crippen molar-refractivity contribution < 1.29 is 4.79 Å². The van der Waals surface area contributed by atoms with Crippen LogP contribution in [0.25, 0.3) is 17.3 Å². The van der Waals surface area contributed by atoms with Crippen molar-refractivity contribution in [2.45, 2.75) is 6.54 Å². The quantitative estimate of drug-likeness (QED) is 0.675. The van der Waals surface area contributed by atoms with Crippen molar-refractivity contribution in [1.82, 2.24) is 15.1 Å². The van der Waals surface area contributed by atoms with Gasteiger partial charge in [-0.1, -0.05) is 23.7 Å². The van der Waals surface area contributed by atoms with Gasteiger partial charge in [0.1, 0.15) is 0 Å². The first-order chi connectivity index (χ1) is 11.7. The van der Waals surface area contributed by atoms with Gasteiger partial charge in [0, 0.05) is 34.8 Å². The number of thiophene rings is 1. The maximum Gasteiger partial charge on any atom is 0.244 e. The van der Waals surface area contributed by atoms with Gasteiger partial charge in [-0.3, -0.25) is 9.48 Å². The maximum atomic E-state index is 11.8. The smallest absolute Gasteiger partial charge is 0.244 e. The molecule has 0 unspecified atom stereocenters. The number of aromatic nitrogens is 2. The van der Waals surface area contributed by atoms with E-state index in [1.165, 1.54) is 6.08 Å². The van der Waals surface area contributed by atoms with Crippen LogP contribution in [-0.4, -0.2) is 22.2 Å². The lowest BCUT2D eigenvalue weighted by Gasteiger charge is -2.02. The Bertz CT molecular complexity index is 822. The molecule has 3 aromatic rings. The molecule has 1 aromatic carbocycles. The highest BCUT2D eigenvalue weighted by Gasteiger charge is 2.02. The molecule has 24 heavy (non-hydrogen) atoms. The number of benzene rings is 1. The molecule has 0 saturated heterocycles. The molecule has 122 valence electrons. The van der Waals surface area contributed by atoms with Crippen molar-refractivity contribution in [3.63, 3.8) is 0 Å². The number of amides is 1. The Morgan fingerprint density at radius 2 is 2.08 bits per heavy atom. The molecule has 4 nitrogen and oxygen atoms in total. The third kappa shape index (κ3) is 4.57. The summed E-state index contributed by atoms with van der Waals surface area (Å²) >= 11 is 7.47. The Kier molecular flexibility index (Phi) is 5.46. The van der Waals surface area contributed by atoms with Crippen molar-refractivity contribution in [3.05, 3.63) is 70.0 Å². The molecule has 2 heterocycles. The fraction of sp³-hybridized carbons (Fsp3) is 0.111. The number of hydrogen-bond acceptors (Lipinski definition) is 3. The Morgan fingerprint density at radius 3 is 2.83 bits per heavy atom. The first-order valence-electron chi connectivity index (χ1n) is 7.48. The fourth-order valence-corrected chi connectivity index (χ4v) is 2.92. The van der Waals surface area contributed by atoms with E-state index < -0.39 is 0 Å². The predicted octanol–water partition coefficient (Wildman–Crippen LogP) is 4.09. The van der Waals surface area contributed by atoms with Crippen molar-refractivity contribution >= 4 is 34.9 Å². The maximum absolute atomic E-state index is 11.8. The molecule has 0 aliphatic carbocycles. The number of halogens is 1. The number of rotatable bonds is 6. The summed E-state index contributed by atoms with van der Waals surface area (Å²) in [5, 5.41) is 12.1. The Morgan fingerprint density at radius 1 is 1.25 bits per heavy atom. The van der Waals surface area contributed by atoms with E-state index in [0.29, 0.717) is 18.1 Å². The molecule has 0 radical (unpaired) electrons. The third-order valence-corrected chi connectivity index (χ3v) is 4.33. The molecule has 2 aromatic heterocycles. The molecule has 1 amide bonds. The fourth-order valence-electron chi connectivity index (χ4n) is 2.15. The van der Waals surface area contributed by atoms with Gasteiger partial charge in [-0.25, -0.2) is 0 Å². The van der Waals surface area contributed by atoms with E-state index >= 15 is 0 Å². The van der Waals surface area contributed by atoms with Crippen LogP contribution in [0, 0.1) is 0 Å². The molecular formula is C18H16ClN3OS. The Labute approximate surface area is 149 Å². The van der Waals surface area contributed by atoms with E-state index in [2.05, 4.69) is 15.8 Å². The first kappa shape index (κ1) is 16.5. The van der Waals surface area contributed by atoms with E-state index in [4.69, 9.17) is 11.6 Å². The van der Waals surface area contributed by atoms with Gasteiger partial charge in [0.25, 0.3) is 0 Å². The highest BCUT2D eigenvalue weighted by atomic mass is 35.5. The van der Waals surface area contributed by atoms with Crippen LogP contribution < -0.4 is 5.32 Å². The third-order valence-electron chi connectivity index (χ3n) is 3.39. The number of carbonyl (C=O) groups excluding carboxylic acids is 1. The molecular weight excluding hydrogens is 342 g/mol. The van der Waals surface area contributed by atoms with Gasteiger partial charge in [-0.2, -0.15) is 16.4 Å². The number of nitrogens with zero attached hydrogens (tertiary/aromatic N) is 2. The molecule has 0 bridgehead atoms. The van der Waals surface area contributed by atoms with E-state index in [9.17, 15) is 4.79 Å². The highest BCUT2D eigenvalue weighted by Crippen LogP contribution is 2.19. The zero-order chi connectivity index (χ0) is 16.8. The molecule has 0 aliphatic heterocycles. The summed E-state index contributed by atoms with van der Waals surface area (Å²) in [6, 6.07) is 11.3. The van der Waals surface area contributed by atoms with Crippen LogP contribution in [0.2, 0.25) is 5.02 Å². The zero-order valence-electron chi connectivity index (χ0n) is 12.9. The number of nitrogens with one attached hydrogen (secondary N) is 1. The average molecular weight is 358 g/mol. The Hall–Kier alpha value is -2.37. The van der Waals surface area contributed by atoms with Crippen molar-refractivity contribution in [2.75, 3.05) is 6.54 Å². The molecule has 0 saturated carbocycles. The van der Waals surface area contributed by atoms with Gasteiger partial charge >= 0.3 is 0 Å². The predicted molar refractivity (Wildman–Crippen MR) is 99.0 cm³/mol. The average Bonchev–Trinajstić information content (AvgIpc) is 3.25. The van der Waals surface area contributed by atoms with Crippen LogP contribution in [0.3, 0.4) is 0 Å². The molecule has 6 heteroatoms. The summed E-state index contributed by atoms with van der Waals surface area (Å²) in [5.41, 5.74) is 3.00. The second kappa shape index (κ2) is 7.95. The van der Waals surface area contributed by atoms with E-state index in [0.717, 1.165) is 16.8 Å². The SMILES string of the molecule is O=C(/C=C/c1ccc(Cl)cc1)NCCn1ccc(-c2ccsc2)n1. The van der Waals surface area contributed by atoms with Crippen LogP contribution in [0.1, 0.15) is 5.56 Å². The minimum Gasteiger partial charge on any atom is -0.351 e. The van der Waals surface area contributed by atoms with Gasteiger partial charge in [-0.15, -0.1) is 0 Å². The standard InChI is InChI=1S/C18H16ClN3OS/c19-16-4-1-14(2-5-16)3-6-18(23)20-9-11-22-10-7-17(21-22)15-8-12-24-13-15/h1-8,10,12-13H,9,11H2,(H,20,23)/b6-3+. The normalized spacial score (nSPS) is 11.0. The van der Waals surface area contributed by atoms with Crippen LogP contribution in [0.15, 0.2) is 59.4 Å². The van der Waals surface area contributed by atoms with Crippen LogP contribution in [0.5, 0.6) is 0 Å². The largest absolute Gasteiger partial charge is 0.351 e. The second-order valence-corrected chi connectivity index (χ2v) is 6.37. The van der Waals surface area contributed by atoms with E-state index in [1.54, 1.807) is 29.5 Å². The van der Waals surface area contributed by atoms with Crippen molar-refractivity contribution in [2.24, 2.45) is 0 Å². The van der Waals surface area contributed by atoms with Gasteiger partial charge in [-0.05, 0) is 41.3 Å². The van der Waals surface area contributed by atoms with Crippen molar-refractivity contribution in [1.29, 1.82) is 0 Å². The summed E-state index contributed by atoms with van der Waals surface area (Å²) in [6.45, 7) is 1.15. The van der Waals surface area contributed by atoms with Crippen molar-refractivity contribution in [3.8, 4) is 11.3 Å². The molecule has 0 aliphatic rings. The zero-order valence-corrected chi connectivity index (χ0v) is 14.4. The lowest BCUT2D eigenvalue weighted by molar-refractivity contribution is -0.116. The monoisotopic (exact) mass is 357 g/mol. The minimum absolute atomic E-state index is 0.129. The van der Waals surface area contributed by atoms with E-state index in [-0.39, 0.29) is 5.91 Å². The van der Waals surface area contributed by atoms with E-state index in [1.807, 2.05) is 40.5 Å². The van der Waals surface area contributed by atoms with Gasteiger partial charge < -0.3 is 5.32 Å². The minimum atomic E-state index is -0.129. The lowest BCUT2D eigenvalue weighted by atomic mass is 10.2. The molecule has 0 spiro atoms. The van der Waals surface area contributed by atoms with Crippen LogP contribution >= 0.6 is 22.9 Å². The van der Waals surface area contributed by atoms with Gasteiger partial charge in [0.05, 0.1) is 12.2 Å². The summed E-state index contributed by atoms with van der Waals surface area (Å²) in [6.07, 6.45) is 5.19. The molecule has 1 N–H and O–H groups in total. The molecule has 3 rings (SSSR count). The Balaban J connectivity index is 1.46. The summed E-state index contributed by atoms with van der Waals surface area (Å²) in [7, 11) is 0. The highest BCUT2D eigenvalue weighted by molar-refractivity contribution is 7.08. The van der Waals surface area contributed by atoms with Gasteiger partial charge in [0.15, 0.2) is 0 Å². The topological polar surface area (TPSA) is 46.9 Å². The summed E-state index contributed by atoms with van der Waals surface area (Å²) in [4.78, 5) is 11.8.